The first-order chi connectivity index (χ1) is 12.7. The molecule has 0 saturated carbocycles. The number of urea groups is 1. The van der Waals surface area contributed by atoms with Gasteiger partial charge in [-0.25, -0.2) is 10.1 Å². The Hall–Kier alpha value is -1.48. The van der Waals surface area contributed by atoms with Crippen LogP contribution >= 0.6 is 0 Å². The molecule has 0 aromatic heterocycles. The number of aliphatic hydroxyl groups excluding tert-OH is 6. The number of rotatable bonds is 4. The lowest BCUT2D eigenvalue weighted by molar-refractivity contribution is -0.904. The van der Waals surface area contributed by atoms with Crippen molar-refractivity contribution >= 4 is 11.9 Å². The smallest absolute Gasteiger partial charge is 0.394 e. The van der Waals surface area contributed by atoms with Crippen LogP contribution in [0, 0.1) is 0 Å². The number of carbonyl (C=O) groups is 2. The van der Waals surface area contributed by atoms with Gasteiger partial charge in [-0.1, -0.05) is 0 Å². The summed E-state index contributed by atoms with van der Waals surface area (Å²) < 4.78 is 9.81. The summed E-state index contributed by atoms with van der Waals surface area (Å²) >= 11 is 0. The molecule has 2 saturated heterocycles. The molecule has 12 heteroatoms. The van der Waals surface area contributed by atoms with Gasteiger partial charge in [0.25, 0.3) is 5.91 Å². The summed E-state index contributed by atoms with van der Waals surface area (Å²) in [4.78, 5) is 24.7. The Bertz CT molecular complexity index is 625. The lowest BCUT2D eigenvalue weighted by atomic mass is 10.0. The number of hydrogen-bond acceptors (Lipinski definition) is 10. The highest BCUT2D eigenvalue weighted by molar-refractivity contribution is 6.03. The SMILES string of the molecule is CC1=C[N+]([C@@H]2O[C@H](CO)[C@@H](O)[C@H]2O)([C@@H]2O[C@H](CO)[C@@H](O)[C@@H]2O)C(=O)NC1=O. The summed E-state index contributed by atoms with van der Waals surface area (Å²) in [6, 6.07) is -1.03. The van der Waals surface area contributed by atoms with Gasteiger partial charge in [0.2, 0.25) is 12.5 Å². The van der Waals surface area contributed by atoms with E-state index in [0.717, 1.165) is 6.20 Å². The van der Waals surface area contributed by atoms with Gasteiger partial charge < -0.3 is 40.1 Å². The molecule has 1 unspecified atom stereocenters. The number of carbonyl (C=O) groups excluding carboxylic acids is 2. The Labute approximate surface area is 153 Å². The molecule has 9 atom stereocenters. The number of hydrogen-bond donors (Lipinski definition) is 7. The molecule has 152 valence electrons. The molecule has 3 aliphatic heterocycles. The van der Waals surface area contributed by atoms with Crippen LogP contribution in [0.4, 0.5) is 4.79 Å². The first kappa shape index (κ1) is 20.3. The quantitative estimate of drug-likeness (QED) is 0.232. The minimum absolute atomic E-state index is 0.0325. The minimum atomic E-state index is -1.69. The van der Waals surface area contributed by atoms with E-state index in [1.807, 2.05) is 0 Å². The van der Waals surface area contributed by atoms with Crippen molar-refractivity contribution < 1.29 is 54.2 Å². The first-order valence-electron chi connectivity index (χ1n) is 8.37. The van der Waals surface area contributed by atoms with Crippen LogP contribution in [0.5, 0.6) is 0 Å². The third kappa shape index (κ3) is 2.90. The Morgan fingerprint density at radius 1 is 0.926 bits per heavy atom. The predicted molar refractivity (Wildman–Crippen MR) is 83.1 cm³/mol. The lowest BCUT2D eigenvalue weighted by Crippen LogP contribution is -2.72. The molecule has 0 radical (unpaired) electrons. The van der Waals surface area contributed by atoms with E-state index in [1.165, 1.54) is 6.92 Å². The van der Waals surface area contributed by atoms with E-state index in [0.29, 0.717) is 0 Å². The van der Waals surface area contributed by atoms with E-state index < -0.39 is 78.7 Å². The second kappa shape index (κ2) is 7.16. The van der Waals surface area contributed by atoms with Crippen molar-refractivity contribution in [2.24, 2.45) is 0 Å². The van der Waals surface area contributed by atoms with Gasteiger partial charge in [0.15, 0.2) is 12.2 Å². The highest BCUT2D eigenvalue weighted by atomic mass is 16.6. The highest BCUT2D eigenvalue weighted by Gasteiger charge is 2.66. The molecule has 12 nitrogen and oxygen atoms in total. The zero-order valence-electron chi connectivity index (χ0n) is 14.4. The third-order valence-electron chi connectivity index (χ3n) is 5.21. The van der Waals surface area contributed by atoms with E-state index in [9.17, 15) is 40.2 Å². The van der Waals surface area contributed by atoms with Crippen LogP contribution in [-0.4, -0.2) is 109 Å². The molecule has 27 heavy (non-hydrogen) atoms. The Balaban J connectivity index is 2.12. The largest absolute Gasteiger partial charge is 0.432 e. The van der Waals surface area contributed by atoms with E-state index in [1.54, 1.807) is 0 Å². The van der Waals surface area contributed by atoms with E-state index in [-0.39, 0.29) is 5.57 Å². The summed E-state index contributed by atoms with van der Waals surface area (Å²) in [6.45, 7) is 0.0548. The normalized spacial score (nSPS) is 47.9. The summed E-state index contributed by atoms with van der Waals surface area (Å²) in [6.07, 6.45) is -11.0. The van der Waals surface area contributed by atoms with Crippen LogP contribution in [0.1, 0.15) is 6.92 Å². The topological polar surface area (TPSA) is 186 Å². The maximum atomic E-state index is 12.9. The number of imide groups is 1. The van der Waals surface area contributed by atoms with E-state index in [2.05, 4.69) is 5.32 Å². The van der Waals surface area contributed by atoms with Crippen molar-refractivity contribution in [3.63, 3.8) is 0 Å². The summed E-state index contributed by atoms with van der Waals surface area (Å²) in [5.74, 6) is -0.716. The molecule has 3 rings (SSSR count). The average molecular weight is 391 g/mol. The Morgan fingerprint density at radius 2 is 1.37 bits per heavy atom. The second-order valence-corrected chi connectivity index (χ2v) is 6.86. The molecule has 3 aliphatic rings. The standard InChI is InChI=1S/C15H22N2O10/c1-5-2-17(15(25)16-12(5)24,13-10(22)8(20)6(3-18)26-13)14-11(23)9(21)7(4-19)27-14/h2,6-11,13-14,18-23H,3-4H2,1H3/p+1/t6-,7-,8-,9-,10-,11+,13-,14-,17?/m1/s1. The molecule has 7 N–H and O–H groups in total. The van der Waals surface area contributed by atoms with Crippen LogP contribution in [0.3, 0.4) is 0 Å². The van der Waals surface area contributed by atoms with Gasteiger partial charge in [-0.3, -0.25) is 4.79 Å². The van der Waals surface area contributed by atoms with Crippen molar-refractivity contribution in [1.29, 1.82) is 0 Å². The number of ether oxygens (including phenoxy) is 2. The predicted octanol–water partition coefficient (Wildman–Crippen LogP) is -4.17. The van der Waals surface area contributed by atoms with Gasteiger partial charge in [0.05, 0.1) is 18.8 Å². The summed E-state index contributed by atoms with van der Waals surface area (Å²) in [5, 5.41) is 61.8. The van der Waals surface area contributed by atoms with Gasteiger partial charge in [-0.05, 0) is 6.92 Å². The van der Waals surface area contributed by atoms with Crippen molar-refractivity contribution in [3.8, 4) is 0 Å². The van der Waals surface area contributed by atoms with Gasteiger partial charge in [0.1, 0.15) is 30.6 Å². The van der Waals surface area contributed by atoms with Crippen LogP contribution in [-0.2, 0) is 14.3 Å². The number of nitrogens with zero attached hydrogens (tertiary/aromatic N) is 1. The summed E-state index contributed by atoms with van der Waals surface area (Å²) in [7, 11) is 0. The molecule has 0 aromatic carbocycles. The van der Waals surface area contributed by atoms with E-state index in [4.69, 9.17) is 9.47 Å². The maximum Gasteiger partial charge on any atom is 0.432 e. The Morgan fingerprint density at radius 3 is 1.74 bits per heavy atom. The van der Waals surface area contributed by atoms with Crippen LogP contribution < -0.4 is 5.32 Å². The summed E-state index contributed by atoms with van der Waals surface area (Å²) in [5.41, 5.74) is 0.0325. The van der Waals surface area contributed by atoms with E-state index >= 15 is 0 Å². The highest BCUT2D eigenvalue weighted by Crippen LogP contribution is 2.40. The van der Waals surface area contributed by atoms with Crippen LogP contribution in [0.2, 0.25) is 0 Å². The number of quaternary nitrogens is 1. The van der Waals surface area contributed by atoms with Crippen molar-refractivity contribution in [1.82, 2.24) is 5.32 Å². The molecular formula is C15H23N2O10+. The monoisotopic (exact) mass is 391 g/mol. The fraction of sp³-hybridized carbons (Fsp3) is 0.733. The zero-order valence-corrected chi connectivity index (χ0v) is 14.4. The fourth-order valence-corrected chi connectivity index (χ4v) is 3.72. The molecule has 0 bridgehead atoms. The number of aliphatic hydroxyl groups is 6. The van der Waals surface area contributed by atoms with Crippen LogP contribution in [0.25, 0.3) is 0 Å². The molecule has 0 aromatic rings. The number of amides is 3. The van der Waals surface area contributed by atoms with Gasteiger partial charge >= 0.3 is 6.03 Å². The molecule has 3 amide bonds. The Kier molecular flexibility index (Phi) is 5.37. The molecule has 0 aliphatic carbocycles. The van der Waals surface area contributed by atoms with Crippen LogP contribution in [0.15, 0.2) is 11.8 Å². The van der Waals surface area contributed by atoms with Crippen molar-refractivity contribution in [2.75, 3.05) is 13.2 Å². The number of nitrogens with one attached hydrogen (secondary N) is 1. The lowest BCUT2D eigenvalue weighted by Gasteiger charge is -2.43. The van der Waals surface area contributed by atoms with Crippen molar-refractivity contribution in [3.05, 3.63) is 11.8 Å². The first-order valence-corrected chi connectivity index (χ1v) is 8.37. The van der Waals surface area contributed by atoms with Gasteiger partial charge in [0, 0.05) is 0 Å². The van der Waals surface area contributed by atoms with Crippen molar-refractivity contribution in [2.45, 2.75) is 56.0 Å². The minimum Gasteiger partial charge on any atom is -0.394 e. The maximum absolute atomic E-state index is 12.9. The molecule has 0 spiro atoms. The second-order valence-electron chi connectivity index (χ2n) is 6.86. The molecular weight excluding hydrogens is 368 g/mol. The third-order valence-corrected chi connectivity index (χ3v) is 5.21. The average Bonchev–Trinajstić information content (AvgIpc) is 3.09. The van der Waals surface area contributed by atoms with Gasteiger partial charge in [-0.2, -0.15) is 4.48 Å². The fourth-order valence-electron chi connectivity index (χ4n) is 3.72. The zero-order chi connectivity index (χ0) is 20.1. The van der Waals surface area contributed by atoms with Gasteiger partial charge in [-0.15, -0.1) is 0 Å². The molecule has 3 heterocycles. The molecule has 2 fully saturated rings.